The number of fused-ring (bicyclic) bond motifs is 1. The van der Waals surface area contributed by atoms with Crippen LogP contribution in [0.3, 0.4) is 0 Å². The van der Waals surface area contributed by atoms with E-state index in [0.717, 1.165) is 28.4 Å². The van der Waals surface area contributed by atoms with E-state index in [1.54, 1.807) is 12.1 Å². The summed E-state index contributed by atoms with van der Waals surface area (Å²) < 4.78 is 24.4. The van der Waals surface area contributed by atoms with Crippen molar-refractivity contribution < 1.29 is 18.7 Å². The van der Waals surface area contributed by atoms with E-state index < -0.39 is 0 Å². The van der Waals surface area contributed by atoms with Crippen molar-refractivity contribution >= 4 is 17.7 Å². The van der Waals surface area contributed by atoms with Crippen LogP contribution < -0.4 is 14.8 Å². The highest BCUT2D eigenvalue weighted by Crippen LogP contribution is 2.34. The van der Waals surface area contributed by atoms with Gasteiger partial charge in [0.25, 0.3) is 0 Å². The summed E-state index contributed by atoms with van der Waals surface area (Å²) in [5.74, 6) is 1.63. The van der Waals surface area contributed by atoms with E-state index in [4.69, 9.17) is 9.47 Å². The minimum atomic E-state index is -0.280. The number of rotatable bonds is 6. The van der Waals surface area contributed by atoms with E-state index in [1.165, 1.54) is 23.9 Å². The highest BCUT2D eigenvalue weighted by Gasteiger charge is 2.21. The van der Waals surface area contributed by atoms with Gasteiger partial charge >= 0.3 is 0 Å². The average Bonchev–Trinajstić information content (AvgIpc) is 2.90. The van der Waals surface area contributed by atoms with Crippen LogP contribution in [0.2, 0.25) is 0 Å². The second kappa shape index (κ2) is 9.13. The molecule has 6 heteroatoms. The fourth-order valence-electron chi connectivity index (χ4n) is 2.90. The Kier molecular flexibility index (Phi) is 6.61. The molecule has 0 unspecified atom stereocenters. The summed E-state index contributed by atoms with van der Waals surface area (Å²) in [7, 11) is 0. The number of thioether (sulfide) groups is 1. The maximum atomic E-state index is 13.0. The molecule has 27 heavy (non-hydrogen) atoms. The lowest BCUT2D eigenvalue weighted by atomic mass is 9.95. The summed E-state index contributed by atoms with van der Waals surface area (Å²) in [5.41, 5.74) is 0.995. The van der Waals surface area contributed by atoms with Crippen LogP contribution in [0.15, 0.2) is 47.4 Å². The Hall–Kier alpha value is -2.21. The number of amides is 1. The van der Waals surface area contributed by atoms with Crippen molar-refractivity contribution in [3.63, 3.8) is 0 Å². The summed E-state index contributed by atoms with van der Waals surface area (Å²) in [6.07, 6.45) is 0.856. The lowest BCUT2D eigenvalue weighted by Crippen LogP contribution is -2.33. The molecule has 144 valence electrons. The first-order chi connectivity index (χ1) is 13.0. The second-order valence-corrected chi connectivity index (χ2v) is 7.84. The first-order valence-corrected chi connectivity index (χ1v) is 10.1. The van der Waals surface area contributed by atoms with Crippen molar-refractivity contribution in [3.05, 3.63) is 53.8 Å². The quantitative estimate of drug-likeness (QED) is 0.734. The molecule has 1 atom stereocenters. The number of carbonyl (C=O) groups excluding carboxylic acids is 1. The Balaban J connectivity index is 1.65. The Labute approximate surface area is 163 Å². The van der Waals surface area contributed by atoms with Gasteiger partial charge in [-0.1, -0.05) is 19.9 Å². The largest absolute Gasteiger partial charge is 0.490 e. The predicted molar refractivity (Wildman–Crippen MR) is 105 cm³/mol. The van der Waals surface area contributed by atoms with Crippen molar-refractivity contribution in [2.45, 2.75) is 31.2 Å². The van der Waals surface area contributed by atoms with Crippen LogP contribution in [0.4, 0.5) is 4.39 Å². The zero-order chi connectivity index (χ0) is 19.2. The van der Waals surface area contributed by atoms with Crippen molar-refractivity contribution in [1.29, 1.82) is 0 Å². The van der Waals surface area contributed by atoms with Gasteiger partial charge in [-0.2, -0.15) is 0 Å². The molecule has 0 spiro atoms. The van der Waals surface area contributed by atoms with E-state index in [0.29, 0.717) is 13.2 Å². The van der Waals surface area contributed by atoms with Crippen LogP contribution in [0.1, 0.15) is 31.9 Å². The third-order valence-electron chi connectivity index (χ3n) is 4.30. The number of hydrogen-bond acceptors (Lipinski definition) is 4. The zero-order valence-electron chi connectivity index (χ0n) is 15.5. The molecule has 1 aliphatic heterocycles. The van der Waals surface area contributed by atoms with Gasteiger partial charge < -0.3 is 14.8 Å². The Morgan fingerprint density at radius 2 is 1.81 bits per heavy atom. The maximum absolute atomic E-state index is 13.0. The Morgan fingerprint density at radius 1 is 1.11 bits per heavy atom. The molecule has 2 aromatic rings. The number of halogens is 1. The topological polar surface area (TPSA) is 47.6 Å². The van der Waals surface area contributed by atoms with Gasteiger partial charge in [-0.25, -0.2) is 4.39 Å². The standard InChI is InChI=1S/C21H24FNO3S/c1-14(2)21(15-4-9-18-19(12-15)26-11-3-10-25-18)23-20(24)13-27-17-7-5-16(22)6-8-17/h4-9,12,14,21H,3,10-11,13H2,1-2H3,(H,23,24)/t21-/m0/s1. The first-order valence-electron chi connectivity index (χ1n) is 9.10. The first kappa shape index (κ1) is 19.5. The maximum Gasteiger partial charge on any atom is 0.230 e. The van der Waals surface area contributed by atoms with Gasteiger partial charge in [-0.3, -0.25) is 4.79 Å². The van der Waals surface area contributed by atoms with Gasteiger partial charge in [-0.05, 0) is 47.9 Å². The summed E-state index contributed by atoms with van der Waals surface area (Å²) in [4.78, 5) is 13.3. The van der Waals surface area contributed by atoms with Crippen LogP contribution >= 0.6 is 11.8 Å². The van der Waals surface area contributed by atoms with Gasteiger partial charge in [0.15, 0.2) is 11.5 Å². The van der Waals surface area contributed by atoms with Crippen LogP contribution in [-0.2, 0) is 4.79 Å². The van der Waals surface area contributed by atoms with Gasteiger partial charge in [0, 0.05) is 11.3 Å². The number of nitrogens with one attached hydrogen (secondary N) is 1. The molecule has 0 fully saturated rings. The molecule has 0 saturated heterocycles. The highest BCUT2D eigenvalue weighted by atomic mass is 32.2. The van der Waals surface area contributed by atoms with Crippen LogP contribution in [-0.4, -0.2) is 24.9 Å². The number of hydrogen-bond donors (Lipinski definition) is 1. The lowest BCUT2D eigenvalue weighted by molar-refractivity contribution is -0.119. The van der Waals surface area contributed by atoms with E-state index in [2.05, 4.69) is 19.2 Å². The smallest absolute Gasteiger partial charge is 0.230 e. The van der Waals surface area contributed by atoms with Gasteiger partial charge in [-0.15, -0.1) is 11.8 Å². The Bertz CT molecular complexity index is 779. The molecule has 3 rings (SSSR count). The van der Waals surface area contributed by atoms with Crippen LogP contribution in [0, 0.1) is 11.7 Å². The minimum absolute atomic E-state index is 0.0601. The average molecular weight is 389 g/mol. The number of benzene rings is 2. The fourth-order valence-corrected chi connectivity index (χ4v) is 3.61. The van der Waals surface area contributed by atoms with Gasteiger partial charge in [0.1, 0.15) is 5.82 Å². The van der Waals surface area contributed by atoms with Crippen molar-refractivity contribution in [1.82, 2.24) is 5.32 Å². The van der Waals surface area contributed by atoms with Gasteiger partial charge in [0.2, 0.25) is 5.91 Å². The monoisotopic (exact) mass is 389 g/mol. The molecule has 0 radical (unpaired) electrons. The molecular formula is C21H24FNO3S. The van der Waals surface area contributed by atoms with E-state index in [1.807, 2.05) is 18.2 Å². The van der Waals surface area contributed by atoms with E-state index >= 15 is 0 Å². The Morgan fingerprint density at radius 3 is 2.52 bits per heavy atom. The third-order valence-corrected chi connectivity index (χ3v) is 5.31. The second-order valence-electron chi connectivity index (χ2n) is 6.79. The molecule has 0 bridgehead atoms. The molecule has 0 saturated carbocycles. The predicted octanol–water partition coefficient (Wildman–Crippen LogP) is 4.59. The number of ether oxygens (including phenoxy) is 2. The normalized spacial score (nSPS) is 14.5. The van der Waals surface area contributed by atoms with Crippen molar-refractivity contribution in [2.24, 2.45) is 5.92 Å². The molecule has 0 aromatic heterocycles. The molecule has 1 N–H and O–H groups in total. The summed E-state index contributed by atoms with van der Waals surface area (Å²) >= 11 is 1.39. The van der Waals surface area contributed by atoms with Crippen molar-refractivity contribution in [2.75, 3.05) is 19.0 Å². The summed E-state index contributed by atoms with van der Waals surface area (Å²) in [5, 5.41) is 3.11. The van der Waals surface area contributed by atoms with Crippen LogP contribution in [0.25, 0.3) is 0 Å². The molecule has 2 aromatic carbocycles. The lowest BCUT2D eigenvalue weighted by Gasteiger charge is -2.24. The minimum Gasteiger partial charge on any atom is -0.490 e. The number of carbonyl (C=O) groups is 1. The van der Waals surface area contributed by atoms with Crippen LogP contribution in [0.5, 0.6) is 11.5 Å². The molecule has 1 aliphatic rings. The molecule has 1 heterocycles. The molecule has 1 amide bonds. The zero-order valence-corrected chi connectivity index (χ0v) is 16.4. The molecule has 4 nitrogen and oxygen atoms in total. The van der Waals surface area contributed by atoms with Gasteiger partial charge in [0.05, 0.1) is 25.0 Å². The highest BCUT2D eigenvalue weighted by molar-refractivity contribution is 8.00. The van der Waals surface area contributed by atoms with Crippen molar-refractivity contribution in [3.8, 4) is 11.5 Å². The molecule has 0 aliphatic carbocycles. The summed E-state index contributed by atoms with van der Waals surface area (Å²) in [6.45, 7) is 5.42. The SMILES string of the molecule is CC(C)[C@H](NC(=O)CSc1ccc(F)cc1)c1ccc2c(c1)OCCCO2. The van der Waals surface area contributed by atoms with E-state index in [-0.39, 0.29) is 29.4 Å². The third kappa shape index (κ3) is 5.39. The fraction of sp³-hybridized carbons (Fsp3) is 0.381. The van der Waals surface area contributed by atoms with E-state index in [9.17, 15) is 9.18 Å². The molecular weight excluding hydrogens is 365 g/mol. The summed E-state index contributed by atoms with van der Waals surface area (Å²) in [6, 6.07) is 11.9.